The third-order valence-corrected chi connectivity index (χ3v) is 6.59. The minimum Gasteiger partial charge on any atom is -0.478 e. The van der Waals surface area contributed by atoms with Gasteiger partial charge in [-0.3, -0.25) is 0 Å². The van der Waals surface area contributed by atoms with Crippen molar-refractivity contribution >= 4 is 30.0 Å². The van der Waals surface area contributed by atoms with Gasteiger partial charge < -0.3 is 24.4 Å². The number of aliphatic hydroxyl groups is 1. The van der Waals surface area contributed by atoms with Crippen LogP contribution in [0.15, 0.2) is 86.0 Å². The summed E-state index contributed by atoms with van der Waals surface area (Å²) >= 11 is 0. The number of hydrogen-bond acceptors (Lipinski definition) is 8. The van der Waals surface area contributed by atoms with E-state index >= 15 is 0 Å². The number of rotatable bonds is 19. The second-order valence-electron chi connectivity index (χ2n) is 11.4. The lowest BCUT2D eigenvalue weighted by Gasteiger charge is -2.14. The standard InChI is InChI=1S/C12H22O2.C11H20O2.C8H8.C6H10O3.C4H6O2/c1-5-7-8-11(6-2)9-14-12(13)10(3)4;1-4-7-8-10(5-2)9-13-11(12)6-3;1-2-8-6-4-3-5-7-8;1-5(2)6(8)9-4-3-7;1-3(2)4(5)6/h11H,3,5-9H2,1-2,4H3;6,10H,3-5,7-9H2,1-2H3;2-7H,1H2;7H,1,3-4H2,2H3;1H2,2H3,(H,5,6). The van der Waals surface area contributed by atoms with E-state index in [1.807, 2.05) is 36.4 Å². The van der Waals surface area contributed by atoms with Gasteiger partial charge in [-0.05, 0) is 51.0 Å². The Bertz CT molecular complexity index is 1090. The number of carbonyl (C=O) groups excluding carboxylic acids is 3. The van der Waals surface area contributed by atoms with E-state index in [9.17, 15) is 19.2 Å². The lowest BCUT2D eigenvalue weighted by Crippen LogP contribution is -2.14. The van der Waals surface area contributed by atoms with Crippen LogP contribution in [0.3, 0.4) is 0 Å². The van der Waals surface area contributed by atoms with Crippen molar-refractivity contribution < 1.29 is 43.6 Å². The molecule has 9 nitrogen and oxygen atoms in total. The number of hydrogen-bond donors (Lipinski definition) is 2. The lowest BCUT2D eigenvalue weighted by molar-refractivity contribution is -0.141. The van der Waals surface area contributed by atoms with Gasteiger partial charge in [0, 0.05) is 22.8 Å². The lowest BCUT2D eigenvalue weighted by atomic mass is 10.0. The van der Waals surface area contributed by atoms with Gasteiger partial charge in [-0.15, -0.1) is 0 Å². The molecule has 9 heteroatoms. The number of carboxylic acids is 1. The Balaban J connectivity index is -0.000000272. The van der Waals surface area contributed by atoms with Crippen molar-refractivity contribution in [2.45, 2.75) is 99.8 Å². The molecule has 284 valence electrons. The van der Waals surface area contributed by atoms with Crippen LogP contribution in [-0.4, -0.2) is 60.5 Å². The summed E-state index contributed by atoms with van der Waals surface area (Å²) in [5, 5.41) is 16.1. The third-order valence-electron chi connectivity index (χ3n) is 6.59. The number of aliphatic carboxylic acids is 1. The van der Waals surface area contributed by atoms with Gasteiger partial charge in [0.1, 0.15) is 6.61 Å². The van der Waals surface area contributed by atoms with E-state index in [-0.39, 0.29) is 30.7 Å². The smallest absolute Gasteiger partial charge is 0.333 e. The van der Waals surface area contributed by atoms with Crippen molar-refractivity contribution in [2.75, 3.05) is 26.4 Å². The normalized spacial score (nSPS) is 10.4. The van der Waals surface area contributed by atoms with Gasteiger partial charge in [0.25, 0.3) is 0 Å². The minimum absolute atomic E-state index is 0.0473. The van der Waals surface area contributed by atoms with Gasteiger partial charge in [0.2, 0.25) is 0 Å². The quantitative estimate of drug-likeness (QED) is 0.0821. The summed E-state index contributed by atoms with van der Waals surface area (Å²) in [6.07, 6.45) is 12.3. The number of aliphatic hydroxyl groups excluding tert-OH is 1. The largest absolute Gasteiger partial charge is 0.478 e. The highest BCUT2D eigenvalue weighted by Crippen LogP contribution is 2.14. The van der Waals surface area contributed by atoms with Crippen LogP contribution in [0.25, 0.3) is 6.08 Å². The Morgan fingerprint density at radius 2 is 1.14 bits per heavy atom. The molecule has 2 atom stereocenters. The van der Waals surface area contributed by atoms with E-state index in [1.165, 1.54) is 44.2 Å². The van der Waals surface area contributed by atoms with Crippen LogP contribution in [0.5, 0.6) is 0 Å². The molecule has 0 saturated heterocycles. The molecule has 0 aliphatic carbocycles. The highest BCUT2D eigenvalue weighted by atomic mass is 16.5. The van der Waals surface area contributed by atoms with Crippen LogP contribution in [0, 0.1) is 11.8 Å². The molecule has 1 aromatic rings. The summed E-state index contributed by atoms with van der Waals surface area (Å²) in [6.45, 7) is 31.3. The molecule has 2 N–H and O–H groups in total. The Morgan fingerprint density at radius 3 is 1.44 bits per heavy atom. The van der Waals surface area contributed by atoms with E-state index in [1.54, 1.807) is 13.8 Å². The molecule has 0 saturated carbocycles. The van der Waals surface area contributed by atoms with Crippen molar-refractivity contribution in [3.8, 4) is 0 Å². The van der Waals surface area contributed by atoms with Gasteiger partial charge in [-0.25, -0.2) is 19.2 Å². The zero-order chi connectivity index (χ0) is 39.3. The van der Waals surface area contributed by atoms with Crippen LogP contribution in [0.1, 0.15) is 105 Å². The highest BCUT2D eigenvalue weighted by Gasteiger charge is 2.10. The fraction of sp³-hybridized carbons (Fsp3) is 0.512. The molecule has 2 unspecified atom stereocenters. The second kappa shape index (κ2) is 37.6. The Kier molecular flexibility index (Phi) is 39.5. The summed E-state index contributed by atoms with van der Waals surface area (Å²) in [5.41, 5.74) is 2.18. The van der Waals surface area contributed by atoms with Crippen molar-refractivity contribution in [2.24, 2.45) is 11.8 Å². The summed E-state index contributed by atoms with van der Waals surface area (Å²) in [4.78, 5) is 41.9. The summed E-state index contributed by atoms with van der Waals surface area (Å²) < 4.78 is 14.6. The zero-order valence-corrected chi connectivity index (χ0v) is 32.0. The fourth-order valence-electron chi connectivity index (χ4n) is 3.22. The first-order chi connectivity index (χ1) is 23.6. The van der Waals surface area contributed by atoms with Gasteiger partial charge in [0.05, 0.1) is 19.8 Å². The predicted octanol–water partition coefficient (Wildman–Crippen LogP) is 9.33. The first-order valence-corrected chi connectivity index (χ1v) is 17.2. The molecule has 0 bridgehead atoms. The Labute approximate surface area is 302 Å². The molecule has 0 fully saturated rings. The fourth-order valence-corrected chi connectivity index (χ4v) is 3.22. The number of carboxylic acid groups (broad SMARTS) is 1. The maximum Gasteiger partial charge on any atom is 0.333 e. The van der Waals surface area contributed by atoms with Crippen molar-refractivity contribution in [1.29, 1.82) is 0 Å². The molecule has 0 heterocycles. The minimum atomic E-state index is -0.935. The number of unbranched alkanes of at least 4 members (excludes halogenated alkanes) is 2. The Morgan fingerprint density at radius 1 is 0.720 bits per heavy atom. The molecule has 1 rings (SSSR count). The number of esters is 3. The topological polar surface area (TPSA) is 136 Å². The monoisotopic (exact) mass is 702 g/mol. The number of benzene rings is 1. The van der Waals surface area contributed by atoms with Crippen molar-refractivity contribution in [1.82, 2.24) is 0 Å². The molecule has 0 aromatic heterocycles. The molecule has 0 spiro atoms. The van der Waals surface area contributed by atoms with Gasteiger partial charge in [-0.1, -0.05) is 136 Å². The first-order valence-electron chi connectivity index (χ1n) is 17.2. The van der Waals surface area contributed by atoms with E-state index in [0.29, 0.717) is 36.2 Å². The van der Waals surface area contributed by atoms with E-state index in [2.05, 4.69) is 65.3 Å². The SMILES string of the molecule is C=C(C)C(=O)O.C=C(C)C(=O)OCC(CC)CCCC.C=C(C)C(=O)OCCO.C=CC(=O)OCC(CC)CCCC.C=Cc1ccccc1. The third kappa shape index (κ3) is 38.2. The molecular weight excluding hydrogens is 636 g/mol. The summed E-state index contributed by atoms with van der Waals surface area (Å²) in [6, 6.07) is 10.0. The maximum absolute atomic E-state index is 11.1. The molecule has 1 aromatic carbocycles. The molecule has 50 heavy (non-hydrogen) atoms. The van der Waals surface area contributed by atoms with E-state index in [4.69, 9.17) is 19.7 Å². The molecular formula is C41H66O9. The van der Waals surface area contributed by atoms with Crippen molar-refractivity contribution in [3.63, 3.8) is 0 Å². The zero-order valence-electron chi connectivity index (χ0n) is 32.0. The molecule has 0 amide bonds. The predicted molar refractivity (Wildman–Crippen MR) is 205 cm³/mol. The van der Waals surface area contributed by atoms with Crippen molar-refractivity contribution in [3.05, 3.63) is 91.6 Å². The number of ether oxygens (including phenoxy) is 3. The van der Waals surface area contributed by atoms with Crippen LogP contribution in [-0.2, 0) is 33.4 Å². The van der Waals surface area contributed by atoms with Crippen LogP contribution in [0.4, 0.5) is 0 Å². The van der Waals surface area contributed by atoms with E-state index < -0.39 is 11.9 Å². The average molecular weight is 703 g/mol. The molecule has 0 radical (unpaired) electrons. The van der Waals surface area contributed by atoms with Crippen LogP contribution < -0.4 is 0 Å². The van der Waals surface area contributed by atoms with Crippen LogP contribution >= 0.6 is 0 Å². The molecule has 0 aliphatic heterocycles. The Hall–Kier alpha value is -4.24. The van der Waals surface area contributed by atoms with Crippen LogP contribution in [0.2, 0.25) is 0 Å². The van der Waals surface area contributed by atoms with Gasteiger partial charge in [-0.2, -0.15) is 0 Å². The van der Waals surface area contributed by atoms with E-state index in [0.717, 1.165) is 25.7 Å². The highest BCUT2D eigenvalue weighted by molar-refractivity contribution is 5.87. The average Bonchev–Trinajstić information content (AvgIpc) is 3.11. The summed E-state index contributed by atoms with van der Waals surface area (Å²) in [7, 11) is 0. The van der Waals surface area contributed by atoms with Gasteiger partial charge in [0.15, 0.2) is 0 Å². The first kappa shape index (κ1) is 52.6. The maximum atomic E-state index is 11.1. The number of carbonyl (C=O) groups is 4. The summed E-state index contributed by atoms with van der Waals surface area (Å²) in [5.74, 6) is -0.934. The molecule has 0 aliphatic rings. The second-order valence-corrected chi connectivity index (χ2v) is 11.4. The van der Waals surface area contributed by atoms with Gasteiger partial charge >= 0.3 is 23.9 Å².